The highest BCUT2D eigenvalue weighted by atomic mass is 32.2. The Morgan fingerprint density at radius 3 is 2.23 bits per heavy atom. The monoisotopic (exact) mass is 522 g/mol. The highest BCUT2D eigenvalue weighted by molar-refractivity contribution is 7.86. The lowest BCUT2D eigenvalue weighted by molar-refractivity contribution is -0.143. The number of hydrogen-bond donors (Lipinski definition) is 0. The van der Waals surface area contributed by atoms with Crippen LogP contribution in [0.1, 0.15) is 42.4 Å². The number of alkyl halides is 6. The molecular formula is C24H25F7N2OS. The maximum Gasteiger partial charge on any atom is 0.416 e. The third kappa shape index (κ3) is 6.43. The summed E-state index contributed by atoms with van der Waals surface area (Å²) >= 11 is 0. The van der Waals surface area contributed by atoms with Crippen molar-refractivity contribution < 1.29 is 34.9 Å². The van der Waals surface area contributed by atoms with Crippen LogP contribution < -0.4 is 4.31 Å². The predicted molar refractivity (Wildman–Crippen MR) is 121 cm³/mol. The highest BCUT2D eigenvalue weighted by Gasteiger charge is 2.39. The zero-order valence-electron chi connectivity index (χ0n) is 18.9. The molecule has 2 atom stereocenters. The van der Waals surface area contributed by atoms with Crippen molar-refractivity contribution in [2.45, 2.75) is 42.9 Å². The van der Waals surface area contributed by atoms with E-state index < -0.39 is 45.2 Å². The molecule has 0 saturated carbocycles. The Labute approximate surface area is 201 Å². The zero-order chi connectivity index (χ0) is 26.0. The van der Waals surface area contributed by atoms with Gasteiger partial charge >= 0.3 is 12.4 Å². The number of anilines is 1. The van der Waals surface area contributed by atoms with Crippen molar-refractivity contribution in [1.82, 2.24) is 4.90 Å². The first-order valence-electron chi connectivity index (χ1n) is 11.0. The van der Waals surface area contributed by atoms with Crippen LogP contribution >= 0.6 is 0 Å². The molecule has 0 aliphatic carbocycles. The predicted octanol–water partition coefficient (Wildman–Crippen LogP) is 6.78. The van der Waals surface area contributed by atoms with E-state index in [0.717, 1.165) is 25.6 Å². The van der Waals surface area contributed by atoms with Crippen LogP contribution in [0.3, 0.4) is 0 Å². The summed E-state index contributed by atoms with van der Waals surface area (Å²) in [5.41, 5.74) is -2.21. The summed E-state index contributed by atoms with van der Waals surface area (Å²) in [5, 5.41) is 0. The Kier molecular flexibility index (Phi) is 8.31. The van der Waals surface area contributed by atoms with Crippen LogP contribution in [0.4, 0.5) is 36.4 Å². The van der Waals surface area contributed by atoms with E-state index in [9.17, 15) is 34.9 Å². The van der Waals surface area contributed by atoms with Gasteiger partial charge in [0, 0.05) is 19.0 Å². The molecule has 2 unspecified atom stereocenters. The Balaban J connectivity index is 1.94. The van der Waals surface area contributed by atoms with E-state index in [1.165, 1.54) is 16.4 Å². The minimum Gasteiger partial charge on any atom is -0.303 e. The van der Waals surface area contributed by atoms with Gasteiger partial charge in [0.05, 0.1) is 21.7 Å². The fraction of sp³-hybridized carbons (Fsp3) is 0.417. The van der Waals surface area contributed by atoms with E-state index in [2.05, 4.69) is 11.5 Å². The minimum atomic E-state index is -5.05. The smallest absolute Gasteiger partial charge is 0.303 e. The first-order chi connectivity index (χ1) is 16.3. The van der Waals surface area contributed by atoms with Gasteiger partial charge in [-0.15, -0.1) is 6.58 Å². The van der Waals surface area contributed by atoms with Crippen molar-refractivity contribution in [2.24, 2.45) is 0 Å². The average molecular weight is 523 g/mol. The molecule has 0 aromatic heterocycles. The molecule has 3 rings (SSSR count). The number of rotatable bonds is 9. The van der Waals surface area contributed by atoms with Crippen molar-refractivity contribution >= 4 is 16.7 Å². The maximum atomic E-state index is 14.0. The van der Waals surface area contributed by atoms with Gasteiger partial charge in [0.15, 0.2) is 11.0 Å². The molecule has 1 aliphatic heterocycles. The molecule has 0 bridgehead atoms. The van der Waals surface area contributed by atoms with E-state index in [-0.39, 0.29) is 18.5 Å². The van der Waals surface area contributed by atoms with Gasteiger partial charge in [0.25, 0.3) is 0 Å². The van der Waals surface area contributed by atoms with Gasteiger partial charge in [0.2, 0.25) is 0 Å². The number of hydrogen-bond acceptors (Lipinski definition) is 2. The van der Waals surface area contributed by atoms with Crippen molar-refractivity contribution in [3.8, 4) is 0 Å². The van der Waals surface area contributed by atoms with Gasteiger partial charge in [-0.3, -0.25) is 4.31 Å². The fourth-order valence-electron chi connectivity index (χ4n) is 4.07. The largest absolute Gasteiger partial charge is 0.416 e. The topological polar surface area (TPSA) is 23.6 Å². The normalized spacial score (nSPS) is 17.1. The second-order valence-electron chi connectivity index (χ2n) is 8.25. The molecule has 1 heterocycles. The molecule has 1 aliphatic rings. The highest BCUT2D eigenvalue weighted by Crippen LogP contribution is 2.42. The summed E-state index contributed by atoms with van der Waals surface area (Å²) in [6.07, 6.45) is -6.99. The summed E-state index contributed by atoms with van der Waals surface area (Å²) in [6, 6.07) is 4.70. The first-order valence-corrected chi connectivity index (χ1v) is 12.1. The lowest BCUT2D eigenvalue weighted by atomic mass is 9.97. The molecule has 0 saturated heterocycles. The summed E-state index contributed by atoms with van der Waals surface area (Å²) in [7, 11) is -2.37. The Morgan fingerprint density at radius 1 is 1.06 bits per heavy atom. The van der Waals surface area contributed by atoms with E-state index in [1.54, 1.807) is 6.08 Å². The summed E-state index contributed by atoms with van der Waals surface area (Å²) in [4.78, 5) is 1.53. The molecule has 2 aromatic carbocycles. The van der Waals surface area contributed by atoms with Crippen LogP contribution in [0, 0.1) is 5.82 Å². The van der Waals surface area contributed by atoms with E-state index in [4.69, 9.17) is 0 Å². The second kappa shape index (κ2) is 10.7. The van der Waals surface area contributed by atoms with Gasteiger partial charge in [-0.25, -0.2) is 8.60 Å². The first kappa shape index (κ1) is 27.2. The molecule has 192 valence electrons. The van der Waals surface area contributed by atoms with Crippen molar-refractivity contribution in [3.63, 3.8) is 0 Å². The standard InChI is InChI=1S/C24H25F7N2OS/c1-3-5-9-32(4-2)10-8-16-15-33(22-7-6-19(25)14-21(16)22)35(34)20-12-17(23(26,27)28)11-18(13-20)24(29,30)31/h3,6-7,11-14,16H,1,4-5,8-10,15H2,2H3. The van der Waals surface area contributed by atoms with Gasteiger partial charge in [0.1, 0.15) is 5.82 Å². The lowest BCUT2D eigenvalue weighted by Crippen LogP contribution is -2.29. The lowest BCUT2D eigenvalue weighted by Gasteiger charge is -2.23. The molecular weight excluding hydrogens is 497 g/mol. The van der Waals surface area contributed by atoms with Crippen LogP contribution in [-0.2, 0) is 23.3 Å². The fourth-order valence-corrected chi connectivity index (χ4v) is 5.45. The molecule has 0 spiro atoms. The van der Waals surface area contributed by atoms with Gasteiger partial charge in [-0.1, -0.05) is 13.0 Å². The Bertz CT molecular complexity index is 1050. The van der Waals surface area contributed by atoms with E-state index in [1.807, 2.05) is 6.92 Å². The minimum absolute atomic E-state index is 0.000601. The number of nitrogens with zero attached hydrogens (tertiary/aromatic N) is 2. The quantitative estimate of drug-likeness (QED) is 0.268. The SMILES string of the molecule is C=CCCN(CC)CCC1CN(S(=O)c2cc(C(F)(F)F)cc(C(F)(F)F)c2)c2ccc(F)cc21. The Morgan fingerprint density at radius 2 is 1.69 bits per heavy atom. The third-order valence-electron chi connectivity index (χ3n) is 5.94. The van der Waals surface area contributed by atoms with Crippen LogP contribution in [0.5, 0.6) is 0 Å². The maximum absolute atomic E-state index is 14.0. The molecule has 2 aromatic rings. The van der Waals surface area contributed by atoms with Crippen molar-refractivity contribution in [2.75, 3.05) is 30.5 Å². The van der Waals surface area contributed by atoms with Gasteiger partial charge < -0.3 is 4.90 Å². The summed E-state index contributed by atoms with van der Waals surface area (Å²) < 4.78 is 108. The molecule has 0 radical (unpaired) electrons. The van der Waals surface area contributed by atoms with Crippen LogP contribution in [0.25, 0.3) is 0 Å². The molecule has 3 nitrogen and oxygen atoms in total. The average Bonchev–Trinajstić information content (AvgIpc) is 3.14. The van der Waals surface area contributed by atoms with Crippen LogP contribution in [0.2, 0.25) is 0 Å². The zero-order valence-corrected chi connectivity index (χ0v) is 19.7. The van der Waals surface area contributed by atoms with Crippen LogP contribution in [-0.4, -0.2) is 35.3 Å². The van der Waals surface area contributed by atoms with Crippen molar-refractivity contribution in [1.29, 1.82) is 0 Å². The van der Waals surface area contributed by atoms with Gasteiger partial charge in [-0.05, 0) is 67.9 Å². The summed E-state index contributed by atoms with van der Waals surface area (Å²) in [5.74, 6) is -0.825. The third-order valence-corrected chi connectivity index (χ3v) is 7.32. The van der Waals surface area contributed by atoms with Gasteiger partial charge in [-0.2, -0.15) is 26.3 Å². The molecule has 11 heteroatoms. The van der Waals surface area contributed by atoms with E-state index in [0.29, 0.717) is 36.3 Å². The molecule has 35 heavy (non-hydrogen) atoms. The molecule has 0 N–H and O–H groups in total. The summed E-state index contributed by atoms with van der Waals surface area (Å²) in [6.45, 7) is 7.91. The molecule has 0 fully saturated rings. The van der Waals surface area contributed by atoms with E-state index >= 15 is 0 Å². The Hall–Kier alpha value is -2.40. The number of fused-ring (bicyclic) bond motifs is 1. The number of benzene rings is 2. The second-order valence-corrected chi connectivity index (χ2v) is 9.66. The van der Waals surface area contributed by atoms with Crippen molar-refractivity contribution in [3.05, 3.63) is 71.6 Å². The molecule has 0 amide bonds. The van der Waals surface area contributed by atoms with Crippen LogP contribution in [0.15, 0.2) is 53.9 Å². The number of halogens is 7.